The summed E-state index contributed by atoms with van der Waals surface area (Å²) in [5.74, 6) is -0.551. The van der Waals surface area contributed by atoms with Gasteiger partial charge in [0, 0.05) is 25.5 Å². The van der Waals surface area contributed by atoms with E-state index in [2.05, 4.69) is 15.5 Å². The van der Waals surface area contributed by atoms with Crippen LogP contribution in [0.5, 0.6) is 0 Å². The molecule has 2 aliphatic heterocycles. The van der Waals surface area contributed by atoms with Gasteiger partial charge in [-0.3, -0.25) is 0 Å². The van der Waals surface area contributed by atoms with Crippen molar-refractivity contribution in [1.29, 1.82) is 0 Å². The number of hydrogen-bond donors (Lipinski definition) is 2. The van der Waals surface area contributed by atoms with Crippen LogP contribution in [0.2, 0.25) is 0 Å². The second-order valence-electron chi connectivity index (χ2n) is 11.5. The lowest BCUT2D eigenvalue weighted by molar-refractivity contribution is -0.210. The average molecular weight is 533 g/mol. The van der Waals surface area contributed by atoms with E-state index in [1.165, 1.54) is 56.3 Å². The van der Waals surface area contributed by atoms with Crippen molar-refractivity contribution < 1.29 is 33.3 Å². The molecule has 3 fully saturated rings. The summed E-state index contributed by atoms with van der Waals surface area (Å²) in [5.41, 5.74) is 0.915. The molecule has 7 atom stereocenters. The molecular weight excluding hydrogens is 498 g/mol. The maximum absolute atomic E-state index is 14.6. The number of ether oxygens (including phenoxy) is 2. The molecule has 1 aromatic heterocycles. The van der Waals surface area contributed by atoms with Crippen molar-refractivity contribution in [2.75, 3.05) is 13.7 Å². The number of halogens is 2. The van der Waals surface area contributed by atoms with E-state index in [9.17, 15) is 19.0 Å². The Morgan fingerprint density at radius 2 is 1.92 bits per heavy atom. The summed E-state index contributed by atoms with van der Waals surface area (Å²) in [6, 6.07) is 2.12. The first kappa shape index (κ1) is 25.8. The lowest BCUT2D eigenvalue weighted by atomic mass is 9.75. The van der Waals surface area contributed by atoms with Crippen LogP contribution >= 0.6 is 0 Å². The van der Waals surface area contributed by atoms with Crippen molar-refractivity contribution in [3.05, 3.63) is 35.5 Å². The molecule has 1 saturated heterocycles. The number of benzene rings is 1. The third-order valence-corrected chi connectivity index (χ3v) is 8.91. The minimum Gasteiger partial charge on any atom is -0.394 e. The Kier molecular flexibility index (Phi) is 6.74. The Bertz CT molecular complexity index is 1210. The summed E-state index contributed by atoms with van der Waals surface area (Å²) < 4.78 is 42.1. The molecule has 38 heavy (non-hydrogen) atoms. The van der Waals surface area contributed by atoms with Crippen molar-refractivity contribution in [2.45, 2.75) is 87.9 Å². The number of aryl methyl sites for hydroxylation is 1. The third kappa shape index (κ3) is 4.43. The lowest BCUT2D eigenvalue weighted by Gasteiger charge is -2.43. The van der Waals surface area contributed by atoms with E-state index in [1.807, 2.05) is 0 Å². The van der Waals surface area contributed by atoms with Crippen molar-refractivity contribution in [2.24, 2.45) is 17.0 Å². The number of nitrogens with zero attached hydrogens (tertiary/aromatic N) is 4. The summed E-state index contributed by atoms with van der Waals surface area (Å²) >= 11 is 0. The number of methoxy groups -OCH3 is 1. The number of rotatable bonds is 6. The molecule has 2 N–H and O–H groups in total. The van der Waals surface area contributed by atoms with E-state index >= 15 is 0 Å². The largest absolute Gasteiger partial charge is 0.394 e. The van der Waals surface area contributed by atoms with Crippen LogP contribution in [0.4, 0.5) is 8.78 Å². The molecule has 1 aromatic carbocycles. The van der Waals surface area contributed by atoms with E-state index in [1.54, 1.807) is 0 Å². The van der Waals surface area contributed by atoms with Crippen molar-refractivity contribution in [3.63, 3.8) is 0 Å². The fourth-order valence-electron chi connectivity index (χ4n) is 7.16. The third-order valence-electron chi connectivity index (χ3n) is 8.91. The summed E-state index contributed by atoms with van der Waals surface area (Å²) in [6.45, 7) is 1.07. The van der Waals surface area contributed by atoms with Gasteiger partial charge in [0.05, 0.1) is 24.6 Å². The fourth-order valence-corrected chi connectivity index (χ4v) is 7.16. The topological polar surface area (TPSA) is 111 Å². The van der Waals surface area contributed by atoms with Crippen molar-refractivity contribution in [3.8, 4) is 11.3 Å². The molecule has 206 valence electrons. The highest BCUT2D eigenvalue weighted by molar-refractivity contribution is 5.86. The normalized spacial score (nSPS) is 36.5. The highest BCUT2D eigenvalue weighted by atomic mass is 19.2. The van der Waals surface area contributed by atoms with Crippen molar-refractivity contribution >= 4 is 5.71 Å². The van der Waals surface area contributed by atoms with Gasteiger partial charge in [-0.15, -0.1) is 5.10 Å². The zero-order valence-electron chi connectivity index (χ0n) is 21.6. The fraction of sp³-hybridized carbons (Fsp3) is 0.667. The Morgan fingerprint density at radius 3 is 2.63 bits per heavy atom. The molecule has 2 aliphatic carbocycles. The number of oxime groups is 1. The maximum atomic E-state index is 14.6. The first-order valence-corrected chi connectivity index (χ1v) is 13.4. The second-order valence-corrected chi connectivity index (χ2v) is 11.5. The minimum atomic E-state index is -1.18. The predicted molar refractivity (Wildman–Crippen MR) is 132 cm³/mol. The Morgan fingerprint density at radius 1 is 1.16 bits per heavy atom. The van der Waals surface area contributed by atoms with Crippen LogP contribution in [0, 0.1) is 30.4 Å². The molecule has 3 heterocycles. The molecule has 2 aromatic rings. The SMILES string of the molecule is CO[C@@H]1[C@@H](n2cc(-c3ccc(C)c(F)c3F)nn2)[C@@H](O)[C@@H](CO)O[C@@H]1CC1=NOC2(C1)CC1CCC(C1)C2. The molecule has 6 rings (SSSR count). The Labute approximate surface area is 219 Å². The minimum absolute atomic E-state index is 0.0330. The molecular formula is C27H34F2N4O5. The molecule has 9 nitrogen and oxygen atoms in total. The average Bonchev–Trinajstić information content (AvgIpc) is 3.62. The summed E-state index contributed by atoms with van der Waals surface area (Å²) in [7, 11) is 1.51. The van der Waals surface area contributed by atoms with Crippen LogP contribution in [0.15, 0.2) is 23.5 Å². The zero-order valence-corrected chi connectivity index (χ0v) is 21.6. The van der Waals surface area contributed by atoms with Gasteiger partial charge < -0.3 is 24.5 Å². The van der Waals surface area contributed by atoms with Gasteiger partial charge in [-0.05, 0) is 49.7 Å². The number of aliphatic hydroxyl groups is 2. The van der Waals surface area contributed by atoms with Crippen molar-refractivity contribution in [1.82, 2.24) is 15.0 Å². The second kappa shape index (κ2) is 9.93. The van der Waals surface area contributed by atoms with Gasteiger partial charge in [0.25, 0.3) is 0 Å². The Hall–Kier alpha value is -2.47. The maximum Gasteiger partial charge on any atom is 0.168 e. The van der Waals surface area contributed by atoms with Gasteiger partial charge in [-0.2, -0.15) is 0 Å². The van der Waals surface area contributed by atoms with Crippen LogP contribution in [-0.4, -0.2) is 74.7 Å². The Balaban J connectivity index is 1.23. The van der Waals surface area contributed by atoms with Crippen LogP contribution in [-0.2, 0) is 14.3 Å². The lowest BCUT2D eigenvalue weighted by Crippen LogP contribution is -2.57. The standard InChI is InChI=1S/C27H34F2N4O5/c1-14-3-6-18(23(29)22(14)28)19-12-33(32-30-19)24-25(35)21(13-34)37-20(26(24)36-2)8-17-11-27(38-31-17)9-15-4-5-16(7-15)10-27/h3,6,12,15-16,20-21,24-26,34-35H,4-5,7-11,13H2,1-2H3/t15?,16?,20-,21-,24+,25+,26+,27?/m1/s1. The predicted octanol–water partition coefficient (Wildman–Crippen LogP) is 3.32. The van der Waals surface area contributed by atoms with E-state index in [4.69, 9.17) is 14.3 Å². The number of hydrogen-bond acceptors (Lipinski definition) is 8. The number of aliphatic hydroxyl groups excluding tert-OH is 2. The zero-order chi connectivity index (χ0) is 26.6. The molecule has 2 bridgehead atoms. The van der Waals surface area contributed by atoms with Gasteiger partial charge in [0.1, 0.15) is 35.6 Å². The molecule has 1 spiro atoms. The van der Waals surface area contributed by atoms with Crippen LogP contribution in [0.3, 0.4) is 0 Å². The quantitative estimate of drug-likeness (QED) is 0.587. The van der Waals surface area contributed by atoms with E-state index in [0.717, 1.165) is 25.0 Å². The van der Waals surface area contributed by atoms with Gasteiger partial charge in [0.2, 0.25) is 0 Å². The highest BCUT2D eigenvalue weighted by Gasteiger charge is 2.51. The number of aromatic nitrogens is 3. The highest BCUT2D eigenvalue weighted by Crippen LogP contribution is 2.51. The van der Waals surface area contributed by atoms with Gasteiger partial charge in [-0.25, -0.2) is 13.5 Å². The summed E-state index contributed by atoms with van der Waals surface area (Å²) in [6.07, 6.45) is 5.14. The van der Waals surface area contributed by atoms with E-state index in [0.29, 0.717) is 18.3 Å². The van der Waals surface area contributed by atoms with Crippen LogP contribution in [0.25, 0.3) is 11.3 Å². The molecule has 2 unspecified atom stereocenters. The molecule has 4 aliphatic rings. The summed E-state index contributed by atoms with van der Waals surface area (Å²) in [4.78, 5) is 6.05. The van der Waals surface area contributed by atoms with Gasteiger partial charge in [0.15, 0.2) is 11.6 Å². The van der Waals surface area contributed by atoms with Crippen LogP contribution < -0.4 is 0 Å². The monoisotopic (exact) mass is 532 g/mol. The molecule has 0 amide bonds. The van der Waals surface area contributed by atoms with Gasteiger partial charge >= 0.3 is 0 Å². The van der Waals surface area contributed by atoms with Gasteiger partial charge in [-0.1, -0.05) is 29.3 Å². The van der Waals surface area contributed by atoms with E-state index < -0.39 is 48.7 Å². The van der Waals surface area contributed by atoms with Crippen LogP contribution in [0.1, 0.15) is 56.6 Å². The van der Waals surface area contributed by atoms with E-state index in [-0.39, 0.29) is 22.4 Å². The smallest absolute Gasteiger partial charge is 0.168 e. The first-order valence-electron chi connectivity index (χ1n) is 13.4. The molecule has 2 saturated carbocycles. The summed E-state index contributed by atoms with van der Waals surface area (Å²) in [5, 5.41) is 33.7. The molecule has 11 heteroatoms. The molecule has 0 radical (unpaired) electrons. The number of fused-ring (bicyclic) bond motifs is 2. The first-order chi connectivity index (χ1) is 18.3.